The van der Waals surface area contributed by atoms with Crippen molar-refractivity contribution in [3.63, 3.8) is 0 Å². The lowest BCUT2D eigenvalue weighted by Crippen LogP contribution is -2.89. The smallest absolute Gasteiger partial charge is 0.340 e. The van der Waals surface area contributed by atoms with Crippen LogP contribution >= 0.6 is 0 Å². The van der Waals surface area contributed by atoms with Gasteiger partial charge in [-0.25, -0.2) is 4.79 Å². The summed E-state index contributed by atoms with van der Waals surface area (Å²) in [6, 6.07) is 2.91. The molecule has 18 heteroatoms. The predicted molar refractivity (Wildman–Crippen MR) is 176 cm³/mol. The molecular weight excluding hydrogens is 718 g/mol. The molecule has 0 unspecified atom stereocenters. The normalized spacial score (nSPS) is 39.8. The number of aliphatic hydroxyl groups is 2. The van der Waals surface area contributed by atoms with Gasteiger partial charge in [0.25, 0.3) is 0 Å². The topological polar surface area (TPSA) is 247 Å². The number of rotatable bonds is 6. The third-order valence-corrected chi connectivity index (χ3v) is 11.2. The van der Waals surface area contributed by atoms with Crippen molar-refractivity contribution in [1.29, 1.82) is 0 Å². The summed E-state index contributed by atoms with van der Waals surface area (Å²) < 4.78 is 47.5. The van der Waals surface area contributed by atoms with E-state index < -0.39 is 132 Å². The third kappa shape index (κ3) is 6.17. The third-order valence-electron chi connectivity index (χ3n) is 11.2. The van der Waals surface area contributed by atoms with Gasteiger partial charge in [-0.2, -0.15) is 0 Å². The highest BCUT2D eigenvalue weighted by Gasteiger charge is 2.90. The van der Waals surface area contributed by atoms with E-state index in [0.717, 1.165) is 41.5 Å². The van der Waals surface area contributed by atoms with Crippen LogP contribution in [0.4, 0.5) is 0 Å². The van der Waals surface area contributed by atoms with Crippen LogP contribution in [0.3, 0.4) is 0 Å². The second-order valence-corrected chi connectivity index (χ2v) is 14.7. The maximum Gasteiger partial charge on any atom is 0.340 e. The highest BCUT2D eigenvalue weighted by molar-refractivity contribution is 5.91. The standard InChI is InChI=1S/C36H45NO17/c1-15-16(2)31(44)53-28-26(50-19(5)40)30(52-21(7)42)35(14-47-17(3)38)29(51-20(6)41)25(49-18(4)39)23-27(43)36(35,34(28,9)46)54-33(23,8)13-48-32(45)22-11-10-12-37-24(15)22/h10-12,15-16,23,25-30,43,46H,13-14H2,1-9H3/t15-,16-,23+,25+,26-,27+,28-,29+,30-,33-,34-,35+,36-/m1/s1. The number of nitrogens with zero attached hydrogens (tertiary/aromatic N) is 1. The minimum absolute atomic E-state index is 0.0246. The van der Waals surface area contributed by atoms with Gasteiger partial charge < -0.3 is 48.1 Å². The molecule has 0 amide bonds. The molecule has 2 saturated carbocycles. The summed E-state index contributed by atoms with van der Waals surface area (Å²) in [6.07, 6.45) is -10.5. The molecule has 0 radical (unpaired) electrons. The van der Waals surface area contributed by atoms with E-state index in [0.29, 0.717) is 0 Å². The Kier molecular flexibility index (Phi) is 10.6. The Morgan fingerprint density at radius 3 is 1.96 bits per heavy atom. The number of fused-ring (bicyclic) bond motifs is 5. The Hall–Kier alpha value is -4.68. The Morgan fingerprint density at radius 1 is 0.852 bits per heavy atom. The van der Waals surface area contributed by atoms with Gasteiger partial charge in [-0.15, -0.1) is 0 Å². The number of hydrogen-bond acceptors (Lipinski definition) is 18. The lowest BCUT2D eigenvalue weighted by Gasteiger charge is -2.67. The number of pyridine rings is 1. The number of ether oxygens (including phenoxy) is 8. The molecule has 4 bridgehead atoms. The van der Waals surface area contributed by atoms with Crippen LogP contribution in [-0.2, 0) is 66.7 Å². The number of cyclic esters (lactones) is 1. The fraction of sp³-hybridized carbons (Fsp3) is 0.667. The molecule has 3 heterocycles. The monoisotopic (exact) mass is 763 g/mol. The number of carbonyl (C=O) groups excluding carboxylic acids is 7. The first-order chi connectivity index (χ1) is 25.1. The molecule has 4 aliphatic rings. The van der Waals surface area contributed by atoms with Crippen LogP contribution in [0.1, 0.15) is 84.3 Å². The van der Waals surface area contributed by atoms with Crippen LogP contribution in [0.5, 0.6) is 0 Å². The first kappa shape index (κ1) is 40.5. The minimum Gasteiger partial charge on any atom is -0.465 e. The average Bonchev–Trinajstić information content (AvgIpc) is 3.27. The van der Waals surface area contributed by atoms with Crippen molar-refractivity contribution < 1.29 is 81.7 Å². The number of esters is 7. The van der Waals surface area contributed by atoms with Crippen molar-refractivity contribution >= 4 is 41.8 Å². The Morgan fingerprint density at radius 2 is 1.41 bits per heavy atom. The van der Waals surface area contributed by atoms with E-state index in [-0.39, 0.29) is 11.3 Å². The summed E-state index contributed by atoms with van der Waals surface area (Å²) in [7, 11) is 0. The van der Waals surface area contributed by atoms with Gasteiger partial charge in [0.15, 0.2) is 24.4 Å². The van der Waals surface area contributed by atoms with Gasteiger partial charge in [-0.05, 0) is 26.0 Å². The fourth-order valence-corrected chi connectivity index (χ4v) is 8.96. The summed E-state index contributed by atoms with van der Waals surface area (Å²) in [5.74, 6) is -10.5. The van der Waals surface area contributed by atoms with Crippen molar-refractivity contribution in [1.82, 2.24) is 4.98 Å². The van der Waals surface area contributed by atoms with E-state index in [4.69, 9.17) is 37.9 Å². The van der Waals surface area contributed by atoms with Crippen molar-refractivity contribution in [2.75, 3.05) is 13.2 Å². The number of hydrogen-bond donors (Lipinski definition) is 2. The van der Waals surface area contributed by atoms with Gasteiger partial charge in [0.05, 0.1) is 29.2 Å². The summed E-state index contributed by atoms with van der Waals surface area (Å²) >= 11 is 0. The first-order valence-electron chi connectivity index (χ1n) is 17.3. The molecule has 1 spiro atoms. The lowest BCUT2D eigenvalue weighted by atomic mass is 9.45. The van der Waals surface area contributed by atoms with E-state index in [1.807, 2.05) is 0 Å². The molecule has 2 aliphatic heterocycles. The van der Waals surface area contributed by atoms with Gasteiger partial charge in [0.2, 0.25) is 0 Å². The van der Waals surface area contributed by atoms with Crippen LogP contribution < -0.4 is 0 Å². The molecule has 1 aromatic heterocycles. The number of carbonyl (C=O) groups is 7. The van der Waals surface area contributed by atoms with E-state index in [9.17, 15) is 43.8 Å². The second-order valence-electron chi connectivity index (χ2n) is 14.7. The first-order valence-corrected chi connectivity index (χ1v) is 17.3. The summed E-state index contributed by atoms with van der Waals surface area (Å²) in [5.41, 5.74) is -9.93. The van der Waals surface area contributed by atoms with E-state index in [1.54, 1.807) is 6.92 Å². The van der Waals surface area contributed by atoms with Crippen LogP contribution in [-0.4, -0.2) is 124 Å². The molecule has 296 valence electrons. The molecule has 3 fully saturated rings. The molecular formula is C36H45NO17. The van der Waals surface area contributed by atoms with Gasteiger partial charge in [-0.1, -0.05) is 13.8 Å². The van der Waals surface area contributed by atoms with Crippen LogP contribution in [0.2, 0.25) is 0 Å². The zero-order valence-corrected chi connectivity index (χ0v) is 31.3. The van der Waals surface area contributed by atoms with E-state index >= 15 is 0 Å². The summed E-state index contributed by atoms with van der Waals surface area (Å²) in [5, 5.41) is 25.9. The van der Waals surface area contributed by atoms with E-state index in [1.165, 1.54) is 32.2 Å². The highest BCUT2D eigenvalue weighted by atomic mass is 16.7. The van der Waals surface area contributed by atoms with Gasteiger partial charge in [0, 0.05) is 46.7 Å². The van der Waals surface area contributed by atoms with Crippen molar-refractivity contribution in [3.8, 4) is 0 Å². The van der Waals surface area contributed by atoms with Crippen LogP contribution in [0.15, 0.2) is 18.3 Å². The zero-order valence-electron chi connectivity index (χ0n) is 31.3. The molecule has 54 heavy (non-hydrogen) atoms. The van der Waals surface area contributed by atoms with Gasteiger partial charge >= 0.3 is 41.8 Å². The van der Waals surface area contributed by atoms with Crippen molar-refractivity contribution in [2.24, 2.45) is 17.3 Å². The van der Waals surface area contributed by atoms with Crippen molar-refractivity contribution in [3.05, 3.63) is 29.6 Å². The zero-order chi connectivity index (χ0) is 40.3. The van der Waals surface area contributed by atoms with E-state index in [2.05, 4.69) is 4.98 Å². The molecule has 1 aromatic rings. The molecule has 5 rings (SSSR count). The average molecular weight is 764 g/mol. The van der Waals surface area contributed by atoms with Crippen LogP contribution in [0, 0.1) is 17.3 Å². The maximum absolute atomic E-state index is 14.2. The van der Waals surface area contributed by atoms with Crippen molar-refractivity contribution in [2.45, 2.75) is 122 Å². The molecule has 2 aliphatic carbocycles. The molecule has 18 nitrogen and oxygen atoms in total. The summed E-state index contributed by atoms with van der Waals surface area (Å²) in [6.45, 7) is 8.75. The lowest BCUT2D eigenvalue weighted by molar-refractivity contribution is -0.386. The molecule has 13 atom stereocenters. The summed E-state index contributed by atoms with van der Waals surface area (Å²) in [4.78, 5) is 96.9. The number of aliphatic hydroxyl groups excluding tert-OH is 1. The minimum atomic E-state index is -2.78. The highest BCUT2D eigenvalue weighted by Crippen LogP contribution is 2.69. The maximum atomic E-state index is 14.2. The SMILES string of the molecule is CC(=O)OC[C@]12[C@H](OC(C)=O)[C@H](OC(C)=O)[C@H]3OC(=O)[C@H](C)[C@@H](C)c4ncccc4C(=O)OC[C@@]4(C)O[C@]1([C@@H](O)[C@@H]4[C@H](OC(C)=O)[C@@H]2OC(C)=O)[C@]3(C)O. The Bertz CT molecular complexity index is 1740. The predicted octanol–water partition coefficient (Wildman–Crippen LogP) is 0.463. The molecule has 0 aromatic carbocycles. The molecule has 2 N–H and O–H groups in total. The van der Waals surface area contributed by atoms with Gasteiger partial charge in [-0.3, -0.25) is 33.8 Å². The largest absolute Gasteiger partial charge is 0.465 e. The van der Waals surface area contributed by atoms with Crippen LogP contribution in [0.25, 0.3) is 0 Å². The van der Waals surface area contributed by atoms with Gasteiger partial charge in [0.1, 0.15) is 41.5 Å². The molecule has 1 saturated heterocycles. The Labute approximate surface area is 310 Å². The second kappa shape index (κ2) is 14.2. The Balaban J connectivity index is 1.95. The fourth-order valence-electron chi connectivity index (χ4n) is 8.96. The number of aromatic nitrogens is 1. The quantitative estimate of drug-likeness (QED) is 0.295.